The van der Waals surface area contributed by atoms with Gasteiger partial charge in [-0.1, -0.05) is 48.0 Å². The van der Waals surface area contributed by atoms with E-state index in [2.05, 4.69) is 5.32 Å². The van der Waals surface area contributed by atoms with E-state index < -0.39 is 0 Å². The van der Waals surface area contributed by atoms with Gasteiger partial charge >= 0.3 is 0 Å². The molecule has 3 rings (SSSR count). The Morgan fingerprint density at radius 2 is 1.64 bits per heavy atom. The maximum atomic E-state index is 12.7. The first kappa shape index (κ1) is 17.0. The monoisotopic (exact) mass is 352 g/mol. The maximum Gasteiger partial charge on any atom is 0.254 e. The van der Waals surface area contributed by atoms with Crippen LogP contribution in [0.15, 0.2) is 66.7 Å². The molecule has 3 aromatic carbocycles. The number of halogens is 1. The van der Waals surface area contributed by atoms with E-state index in [1.807, 2.05) is 36.4 Å². The van der Waals surface area contributed by atoms with E-state index in [1.165, 1.54) is 4.90 Å². The van der Waals surface area contributed by atoms with Crippen LogP contribution in [0.25, 0.3) is 10.8 Å². The first-order chi connectivity index (χ1) is 12.0. The molecule has 0 unspecified atom stereocenters. The summed E-state index contributed by atoms with van der Waals surface area (Å²) in [7, 11) is 1.62. The summed E-state index contributed by atoms with van der Waals surface area (Å²) in [5, 5.41) is 5.22. The number of hydrogen-bond acceptors (Lipinski definition) is 2. The molecule has 0 heterocycles. The van der Waals surface area contributed by atoms with Crippen molar-refractivity contribution in [1.82, 2.24) is 4.90 Å². The van der Waals surface area contributed by atoms with Crippen LogP contribution in [0.5, 0.6) is 0 Å². The number of anilines is 1. The van der Waals surface area contributed by atoms with E-state index in [1.54, 1.807) is 37.4 Å². The van der Waals surface area contributed by atoms with Crippen molar-refractivity contribution in [3.8, 4) is 0 Å². The molecule has 0 bridgehead atoms. The fraction of sp³-hybridized carbons (Fsp3) is 0.100. The van der Waals surface area contributed by atoms with Gasteiger partial charge in [0.05, 0.1) is 6.54 Å². The molecule has 3 aromatic rings. The fourth-order valence-corrected chi connectivity index (χ4v) is 2.76. The van der Waals surface area contributed by atoms with Crippen LogP contribution in [-0.2, 0) is 4.79 Å². The molecule has 0 aliphatic heterocycles. The zero-order valence-corrected chi connectivity index (χ0v) is 14.5. The minimum absolute atomic E-state index is 0.0370. The molecular weight excluding hydrogens is 336 g/mol. The normalized spacial score (nSPS) is 10.5. The zero-order valence-electron chi connectivity index (χ0n) is 13.7. The number of rotatable bonds is 4. The van der Waals surface area contributed by atoms with E-state index in [0.29, 0.717) is 16.3 Å². The number of amides is 2. The SMILES string of the molecule is CN(CC(=O)Nc1ccc(Cl)cc1)C(=O)c1cccc2ccccc12. The average Bonchev–Trinajstić information content (AvgIpc) is 2.62. The Morgan fingerprint density at radius 3 is 2.40 bits per heavy atom. The van der Waals surface area contributed by atoms with Crippen molar-refractivity contribution in [3.05, 3.63) is 77.3 Å². The second-order valence-electron chi connectivity index (χ2n) is 5.74. The highest BCUT2D eigenvalue weighted by Crippen LogP contribution is 2.20. The van der Waals surface area contributed by atoms with Gasteiger partial charge in [0.25, 0.3) is 5.91 Å². The molecule has 1 N–H and O–H groups in total. The molecule has 0 atom stereocenters. The average molecular weight is 353 g/mol. The number of benzene rings is 3. The number of fused-ring (bicyclic) bond motifs is 1. The van der Waals surface area contributed by atoms with E-state index in [0.717, 1.165) is 10.8 Å². The van der Waals surface area contributed by atoms with Gasteiger partial charge in [-0.25, -0.2) is 0 Å². The van der Waals surface area contributed by atoms with Crippen molar-refractivity contribution in [2.45, 2.75) is 0 Å². The summed E-state index contributed by atoms with van der Waals surface area (Å²) in [6, 6.07) is 20.1. The van der Waals surface area contributed by atoms with Crippen molar-refractivity contribution < 1.29 is 9.59 Å². The van der Waals surface area contributed by atoms with Crippen molar-refractivity contribution >= 4 is 39.9 Å². The molecule has 4 nitrogen and oxygen atoms in total. The summed E-state index contributed by atoms with van der Waals surface area (Å²) in [4.78, 5) is 26.3. The highest BCUT2D eigenvalue weighted by molar-refractivity contribution is 6.30. The molecule has 25 heavy (non-hydrogen) atoms. The summed E-state index contributed by atoms with van der Waals surface area (Å²) in [5.41, 5.74) is 1.22. The van der Waals surface area contributed by atoms with Gasteiger partial charge in [-0.05, 0) is 41.1 Å². The maximum absolute atomic E-state index is 12.7. The van der Waals surface area contributed by atoms with Crippen LogP contribution in [-0.4, -0.2) is 30.3 Å². The Labute approximate surface area is 151 Å². The van der Waals surface area contributed by atoms with E-state index in [4.69, 9.17) is 11.6 Å². The van der Waals surface area contributed by atoms with Gasteiger partial charge in [0, 0.05) is 23.3 Å². The molecule has 2 amide bonds. The Bertz CT molecular complexity index is 917. The first-order valence-electron chi connectivity index (χ1n) is 7.83. The lowest BCUT2D eigenvalue weighted by atomic mass is 10.0. The third kappa shape index (κ3) is 3.98. The third-order valence-electron chi connectivity index (χ3n) is 3.88. The van der Waals surface area contributed by atoms with Crippen LogP contribution in [0.3, 0.4) is 0 Å². The first-order valence-corrected chi connectivity index (χ1v) is 8.21. The minimum Gasteiger partial charge on any atom is -0.332 e. The molecule has 126 valence electrons. The largest absolute Gasteiger partial charge is 0.332 e. The summed E-state index contributed by atoms with van der Waals surface area (Å²) in [6.07, 6.45) is 0. The van der Waals surface area contributed by atoms with Gasteiger partial charge in [0.1, 0.15) is 0 Å². The molecule has 0 radical (unpaired) electrons. The Morgan fingerprint density at radius 1 is 0.960 bits per heavy atom. The molecule has 5 heteroatoms. The van der Waals surface area contributed by atoms with Crippen LogP contribution in [0, 0.1) is 0 Å². The number of hydrogen-bond donors (Lipinski definition) is 1. The third-order valence-corrected chi connectivity index (χ3v) is 4.13. The molecular formula is C20H17ClN2O2. The van der Waals surface area contributed by atoms with Crippen LogP contribution < -0.4 is 5.32 Å². The number of carbonyl (C=O) groups is 2. The summed E-state index contributed by atoms with van der Waals surface area (Å²) < 4.78 is 0. The highest BCUT2D eigenvalue weighted by atomic mass is 35.5. The molecule has 0 saturated carbocycles. The lowest BCUT2D eigenvalue weighted by Crippen LogP contribution is -2.35. The Kier molecular flexibility index (Phi) is 5.00. The highest BCUT2D eigenvalue weighted by Gasteiger charge is 2.17. The Balaban J connectivity index is 1.71. The molecule has 0 aliphatic rings. The van der Waals surface area contributed by atoms with E-state index in [9.17, 15) is 9.59 Å². The molecule has 0 saturated heterocycles. The topological polar surface area (TPSA) is 49.4 Å². The van der Waals surface area contributed by atoms with Crippen molar-refractivity contribution in [3.63, 3.8) is 0 Å². The lowest BCUT2D eigenvalue weighted by Gasteiger charge is -2.18. The minimum atomic E-state index is -0.265. The lowest BCUT2D eigenvalue weighted by molar-refractivity contribution is -0.116. The number of nitrogens with one attached hydrogen (secondary N) is 1. The van der Waals surface area contributed by atoms with Gasteiger partial charge in [-0.2, -0.15) is 0 Å². The Hall–Kier alpha value is -2.85. The number of likely N-dealkylation sites (N-methyl/N-ethyl adjacent to an activating group) is 1. The van der Waals surface area contributed by atoms with Crippen LogP contribution >= 0.6 is 11.6 Å². The van der Waals surface area contributed by atoms with Gasteiger partial charge in [0.15, 0.2) is 0 Å². The van der Waals surface area contributed by atoms with E-state index in [-0.39, 0.29) is 18.4 Å². The van der Waals surface area contributed by atoms with Gasteiger partial charge < -0.3 is 10.2 Å². The number of carbonyl (C=O) groups excluding carboxylic acids is 2. The standard InChI is InChI=1S/C20H17ClN2O2/c1-23(13-19(24)22-16-11-9-15(21)10-12-16)20(25)18-8-4-6-14-5-2-3-7-17(14)18/h2-12H,13H2,1H3,(H,22,24). The smallest absolute Gasteiger partial charge is 0.254 e. The second kappa shape index (κ2) is 7.36. The molecule has 0 aromatic heterocycles. The van der Waals surface area contributed by atoms with Crippen LogP contribution in [0.1, 0.15) is 10.4 Å². The van der Waals surface area contributed by atoms with Crippen molar-refractivity contribution in [2.24, 2.45) is 0 Å². The van der Waals surface area contributed by atoms with Crippen LogP contribution in [0.4, 0.5) is 5.69 Å². The predicted molar refractivity (Wildman–Crippen MR) is 101 cm³/mol. The summed E-state index contributed by atoms with van der Waals surface area (Å²) >= 11 is 5.82. The van der Waals surface area contributed by atoms with Crippen molar-refractivity contribution in [1.29, 1.82) is 0 Å². The van der Waals surface area contributed by atoms with Gasteiger partial charge in [-0.3, -0.25) is 9.59 Å². The quantitative estimate of drug-likeness (QED) is 0.764. The summed E-state index contributed by atoms with van der Waals surface area (Å²) in [6.45, 7) is -0.0370. The van der Waals surface area contributed by atoms with Gasteiger partial charge in [0.2, 0.25) is 5.91 Å². The second-order valence-corrected chi connectivity index (χ2v) is 6.18. The fourth-order valence-electron chi connectivity index (χ4n) is 2.64. The molecule has 0 spiro atoms. The molecule has 0 aliphatic carbocycles. The van der Waals surface area contributed by atoms with Crippen LogP contribution in [0.2, 0.25) is 5.02 Å². The molecule has 0 fully saturated rings. The predicted octanol–water partition coefficient (Wildman–Crippen LogP) is 4.20. The van der Waals surface area contributed by atoms with E-state index >= 15 is 0 Å². The number of nitrogens with zero attached hydrogens (tertiary/aromatic N) is 1. The van der Waals surface area contributed by atoms with Gasteiger partial charge in [-0.15, -0.1) is 0 Å². The zero-order chi connectivity index (χ0) is 17.8. The summed E-state index contributed by atoms with van der Waals surface area (Å²) in [5.74, 6) is -0.457. The van der Waals surface area contributed by atoms with Crippen molar-refractivity contribution in [2.75, 3.05) is 18.9 Å².